The number of benzene rings is 1. The minimum absolute atomic E-state index is 0.0203. The van der Waals surface area contributed by atoms with Gasteiger partial charge in [0.25, 0.3) is 0 Å². The molecule has 128 valence electrons. The van der Waals surface area contributed by atoms with Crippen molar-refractivity contribution in [2.45, 2.75) is 43.2 Å². The lowest BCUT2D eigenvalue weighted by molar-refractivity contribution is -0.115. The van der Waals surface area contributed by atoms with E-state index >= 15 is 0 Å². The first-order valence-corrected chi connectivity index (χ1v) is 9.40. The van der Waals surface area contributed by atoms with Crippen LogP contribution in [0, 0.1) is 0 Å². The van der Waals surface area contributed by atoms with Crippen molar-refractivity contribution in [1.29, 1.82) is 0 Å². The van der Waals surface area contributed by atoms with Crippen molar-refractivity contribution in [1.82, 2.24) is 9.78 Å². The highest BCUT2D eigenvalue weighted by Crippen LogP contribution is 2.18. The molecule has 2 aromatic rings. The van der Waals surface area contributed by atoms with E-state index < -0.39 is 0 Å². The van der Waals surface area contributed by atoms with Crippen LogP contribution in [-0.2, 0) is 16.1 Å². The molecule has 1 fully saturated rings. The molecule has 1 amide bonds. The number of ether oxygens (including phenoxy) is 1. The first-order chi connectivity index (χ1) is 11.8. The number of aromatic nitrogens is 2. The van der Waals surface area contributed by atoms with Crippen LogP contribution in [0.1, 0.15) is 25.7 Å². The van der Waals surface area contributed by atoms with E-state index in [2.05, 4.69) is 22.5 Å². The molecule has 24 heavy (non-hydrogen) atoms. The molecular formula is C18H23N3O2S. The maximum atomic E-state index is 12.0. The first-order valence-electron chi connectivity index (χ1n) is 8.41. The third-order valence-electron chi connectivity index (χ3n) is 3.92. The summed E-state index contributed by atoms with van der Waals surface area (Å²) in [6.45, 7) is 1.59. The molecule has 0 unspecified atom stereocenters. The molecule has 6 heteroatoms. The Morgan fingerprint density at radius 3 is 3.00 bits per heavy atom. The summed E-state index contributed by atoms with van der Waals surface area (Å²) in [4.78, 5) is 13.2. The zero-order valence-electron chi connectivity index (χ0n) is 13.7. The van der Waals surface area contributed by atoms with E-state index in [9.17, 15) is 4.79 Å². The lowest BCUT2D eigenvalue weighted by atomic mass is 10.1. The van der Waals surface area contributed by atoms with Gasteiger partial charge in [-0.25, -0.2) is 0 Å². The van der Waals surface area contributed by atoms with Gasteiger partial charge in [-0.15, -0.1) is 11.8 Å². The van der Waals surface area contributed by atoms with Crippen LogP contribution in [0.4, 0.5) is 5.69 Å². The molecule has 1 N–H and O–H groups in total. The topological polar surface area (TPSA) is 56.2 Å². The second kappa shape index (κ2) is 8.89. The molecule has 0 bridgehead atoms. The van der Waals surface area contributed by atoms with Gasteiger partial charge in [-0.3, -0.25) is 9.48 Å². The molecule has 3 rings (SSSR count). The van der Waals surface area contributed by atoms with Gasteiger partial charge in [0.05, 0.1) is 24.5 Å². The number of nitrogens with zero attached hydrogens (tertiary/aromatic N) is 2. The quantitative estimate of drug-likeness (QED) is 0.780. The summed E-state index contributed by atoms with van der Waals surface area (Å²) in [6.07, 6.45) is 7.75. The number of carbonyl (C=O) groups is 1. The molecule has 1 aromatic carbocycles. The Hall–Kier alpha value is -1.79. The third kappa shape index (κ3) is 5.39. The third-order valence-corrected chi connectivity index (χ3v) is 4.94. The Labute approximate surface area is 146 Å². The second-order valence-corrected chi connectivity index (χ2v) is 7.07. The fourth-order valence-corrected chi connectivity index (χ4v) is 3.56. The molecule has 0 spiro atoms. The highest BCUT2D eigenvalue weighted by Gasteiger charge is 2.15. The Morgan fingerprint density at radius 1 is 1.33 bits per heavy atom. The molecule has 5 nitrogen and oxygen atoms in total. The molecule has 1 aliphatic rings. The van der Waals surface area contributed by atoms with Gasteiger partial charge < -0.3 is 10.1 Å². The van der Waals surface area contributed by atoms with Crippen LogP contribution in [-0.4, -0.2) is 34.2 Å². The van der Waals surface area contributed by atoms with E-state index in [4.69, 9.17) is 4.74 Å². The zero-order chi connectivity index (χ0) is 16.6. The molecule has 1 saturated heterocycles. The number of rotatable bonds is 7. The van der Waals surface area contributed by atoms with Crippen molar-refractivity contribution < 1.29 is 9.53 Å². The van der Waals surface area contributed by atoms with Gasteiger partial charge >= 0.3 is 0 Å². The van der Waals surface area contributed by atoms with Crippen LogP contribution in [0.15, 0.2) is 47.6 Å². The van der Waals surface area contributed by atoms with Crippen molar-refractivity contribution >= 4 is 23.4 Å². The number of anilines is 1. The maximum absolute atomic E-state index is 12.0. The molecule has 0 radical (unpaired) electrons. The van der Waals surface area contributed by atoms with Crippen LogP contribution >= 0.6 is 11.8 Å². The fourth-order valence-electron chi connectivity index (χ4n) is 2.69. The number of thioether (sulfide) groups is 1. The van der Waals surface area contributed by atoms with Gasteiger partial charge in [0, 0.05) is 29.9 Å². The smallest absolute Gasteiger partial charge is 0.225 e. The lowest BCUT2D eigenvalue weighted by Gasteiger charge is -2.22. The van der Waals surface area contributed by atoms with E-state index in [1.54, 1.807) is 18.0 Å². The highest BCUT2D eigenvalue weighted by molar-refractivity contribution is 7.99. The number of nitrogens with one attached hydrogen (secondary N) is 1. The lowest BCUT2D eigenvalue weighted by Crippen LogP contribution is -2.24. The van der Waals surface area contributed by atoms with Gasteiger partial charge in [0.1, 0.15) is 0 Å². The number of hydrogen-bond acceptors (Lipinski definition) is 4. The van der Waals surface area contributed by atoms with Crippen LogP contribution in [0.2, 0.25) is 0 Å². The van der Waals surface area contributed by atoms with Crippen LogP contribution in [0.25, 0.3) is 0 Å². The number of hydrogen-bond donors (Lipinski definition) is 1. The Balaban J connectivity index is 1.40. The maximum Gasteiger partial charge on any atom is 0.225 e. The van der Waals surface area contributed by atoms with Crippen molar-refractivity contribution in [3.8, 4) is 0 Å². The molecule has 1 aromatic heterocycles. The average molecular weight is 345 g/mol. The summed E-state index contributed by atoms with van der Waals surface area (Å²) in [7, 11) is 0. The van der Waals surface area contributed by atoms with E-state index in [0.717, 1.165) is 37.4 Å². The summed E-state index contributed by atoms with van der Waals surface area (Å²) in [5, 5.41) is 7.22. The van der Waals surface area contributed by atoms with E-state index in [1.165, 1.54) is 11.3 Å². The van der Waals surface area contributed by atoms with Gasteiger partial charge in [-0.2, -0.15) is 5.10 Å². The van der Waals surface area contributed by atoms with Crippen LogP contribution in [0.3, 0.4) is 0 Å². The molecule has 0 saturated carbocycles. The minimum Gasteiger partial charge on any atom is -0.376 e. The van der Waals surface area contributed by atoms with Gasteiger partial charge in [0.15, 0.2) is 0 Å². The number of amides is 1. The first kappa shape index (κ1) is 17.0. The Kier molecular flexibility index (Phi) is 6.32. The zero-order valence-corrected chi connectivity index (χ0v) is 14.5. The second-order valence-electron chi connectivity index (χ2n) is 5.90. The average Bonchev–Trinajstić information content (AvgIpc) is 3.03. The van der Waals surface area contributed by atoms with E-state index in [-0.39, 0.29) is 12.0 Å². The van der Waals surface area contributed by atoms with Crippen molar-refractivity contribution in [3.63, 3.8) is 0 Å². The van der Waals surface area contributed by atoms with Crippen LogP contribution < -0.4 is 5.32 Å². The van der Waals surface area contributed by atoms with Crippen LogP contribution in [0.5, 0.6) is 0 Å². The predicted octanol–water partition coefficient (Wildman–Crippen LogP) is 3.57. The molecule has 2 heterocycles. The minimum atomic E-state index is 0.0203. The van der Waals surface area contributed by atoms with Crippen molar-refractivity contribution in [2.75, 3.05) is 17.7 Å². The highest BCUT2D eigenvalue weighted by atomic mass is 32.2. The predicted molar refractivity (Wildman–Crippen MR) is 96.2 cm³/mol. The molecule has 0 aliphatic carbocycles. The normalized spacial score (nSPS) is 17.6. The van der Waals surface area contributed by atoms with Gasteiger partial charge in [0.2, 0.25) is 5.91 Å². The molecule has 1 aliphatic heterocycles. The van der Waals surface area contributed by atoms with Crippen molar-refractivity contribution in [3.05, 3.63) is 42.7 Å². The Morgan fingerprint density at radius 2 is 2.21 bits per heavy atom. The number of carbonyl (C=O) groups excluding carboxylic acids is 1. The monoisotopic (exact) mass is 345 g/mol. The summed E-state index contributed by atoms with van der Waals surface area (Å²) in [5.74, 6) is 0.784. The molecular weight excluding hydrogens is 322 g/mol. The summed E-state index contributed by atoms with van der Waals surface area (Å²) in [6, 6.07) is 10.1. The van der Waals surface area contributed by atoms with Gasteiger partial charge in [-0.1, -0.05) is 18.2 Å². The summed E-state index contributed by atoms with van der Waals surface area (Å²) < 4.78 is 7.57. The summed E-state index contributed by atoms with van der Waals surface area (Å²) in [5.41, 5.74) is 0.750. The standard InChI is InChI=1S/C18H23N3O2S/c22-18(9-11-24-17-7-2-1-3-8-17)20-15-12-19-21(13-15)14-16-6-4-5-10-23-16/h1-3,7-8,12-13,16H,4-6,9-11,14H2,(H,20,22)/t16-/m0/s1. The van der Waals surface area contributed by atoms with E-state index in [1.807, 2.05) is 29.1 Å². The SMILES string of the molecule is O=C(CCSc1ccccc1)Nc1cnn(C[C@@H]2CCCCO2)c1. The Bertz CT molecular complexity index is 639. The molecule has 1 atom stereocenters. The van der Waals surface area contributed by atoms with E-state index in [0.29, 0.717) is 6.42 Å². The summed E-state index contributed by atoms with van der Waals surface area (Å²) >= 11 is 1.69. The largest absolute Gasteiger partial charge is 0.376 e. The van der Waals surface area contributed by atoms with Gasteiger partial charge in [-0.05, 0) is 31.4 Å². The van der Waals surface area contributed by atoms with Crippen molar-refractivity contribution in [2.24, 2.45) is 0 Å². The fraction of sp³-hybridized carbons (Fsp3) is 0.444.